The van der Waals surface area contributed by atoms with Gasteiger partial charge in [-0.3, -0.25) is 4.79 Å². The molecule has 0 fully saturated rings. The Hall–Kier alpha value is -3.41. The van der Waals surface area contributed by atoms with Crippen LogP contribution in [0.5, 0.6) is 5.75 Å². The molecule has 0 saturated carbocycles. The molecule has 2 aromatic carbocycles. The normalized spacial score (nSPS) is 10.4. The average Bonchev–Trinajstić information content (AvgIpc) is 3.15. The Balaban J connectivity index is 1.67. The van der Waals surface area contributed by atoms with Gasteiger partial charge in [-0.05, 0) is 43.2 Å². The number of allylic oxidation sites excluding steroid dienone is 1. The third-order valence-corrected chi connectivity index (χ3v) is 4.05. The fourth-order valence-electron chi connectivity index (χ4n) is 2.72. The molecule has 0 aliphatic rings. The summed E-state index contributed by atoms with van der Waals surface area (Å²) in [7, 11) is 1.60. The number of aryl methyl sites for hydroxylation is 1. The topological polar surface area (TPSA) is 77.3 Å². The van der Waals surface area contributed by atoms with Crippen molar-refractivity contribution in [3.63, 3.8) is 0 Å². The molecule has 0 bridgehead atoms. The van der Waals surface area contributed by atoms with Gasteiger partial charge < -0.3 is 14.6 Å². The maximum absolute atomic E-state index is 12.4. The van der Waals surface area contributed by atoms with Crippen molar-refractivity contribution in [2.75, 3.05) is 7.11 Å². The molecule has 0 saturated heterocycles. The van der Waals surface area contributed by atoms with Gasteiger partial charge in [0, 0.05) is 11.1 Å². The van der Waals surface area contributed by atoms with Crippen LogP contribution in [0.4, 0.5) is 0 Å². The Bertz CT molecular complexity index is 963. The van der Waals surface area contributed by atoms with Crippen LogP contribution in [-0.4, -0.2) is 23.2 Å². The van der Waals surface area contributed by atoms with Gasteiger partial charge in [0.05, 0.1) is 13.7 Å². The van der Waals surface area contributed by atoms with Crippen LogP contribution in [0, 0.1) is 6.92 Å². The van der Waals surface area contributed by atoms with E-state index in [1.807, 2.05) is 31.2 Å². The molecule has 138 valence electrons. The summed E-state index contributed by atoms with van der Waals surface area (Å²) >= 11 is 0. The van der Waals surface area contributed by atoms with Crippen molar-refractivity contribution in [2.45, 2.75) is 19.9 Å². The van der Waals surface area contributed by atoms with Crippen molar-refractivity contribution in [1.29, 1.82) is 0 Å². The summed E-state index contributed by atoms with van der Waals surface area (Å²) in [5.74, 6) is 1.35. The number of aromatic nitrogens is 2. The lowest BCUT2D eigenvalue weighted by Crippen LogP contribution is -2.23. The average molecular weight is 363 g/mol. The van der Waals surface area contributed by atoms with Crippen LogP contribution in [0.25, 0.3) is 11.4 Å². The lowest BCUT2D eigenvalue weighted by Gasteiger charge is -2.09. The minimum Gasteiger partial charge on any atom is -0.496 e. The van der Waals surface area contributed by atoms with Crippen LogP contribution in [-0.2, 0) is 13.0 Å². The molecule has 1 amide bonds. The zero-order chi connectivity index (χ0) is 19.2. The van der Waals surface area contributed by atoms with E-state index in [0.717, 1.165) is 22.4 Å². The minimum atomic E-state index is -0.224. The molecule has 0 atom stereocenters. The number of nitrogens with one attached hydrogen (secondary N) is 1. The van der Waals surface area contributed by atoms with Crippen LogP contribution in [0.1, 0.15) is 27.4 Å². The predicted octanol–water partition coefficient (Wildman–Crippen LogP) is 3.71. The second-order valence-corrected chi connectivity index (χ2v) is 6.08. The van der Waals surface area contributed by atoms with Crippen molar-refractivity contribution in [2.24, 2.45) is 0 Å². The highest BCUT2D eigenvalue weighted by Crippen LogP contribution is 2.21. The fraction of sp³-hybridized carbons (Fsp3) is 0.190. The Morgan fingerprint density at radius 2 is 2.15 bits per heavy atom. The van der Waals surface area contributed by atoms with Gasteiger partial charge in [-0.25, -0.2) is 0 Å². The molecule has 1 heterocycles. The molecule has 1 aromatic heterocycles. The van der Waals surface area contributed by atoms with Crippen molar-refractivity contribution in [3.05, 3.63) is 77.7 Å². The number of nitrogens with zero attached hydrogens (tertiary/aromatic N) is 2. The number of methoxy groups -OCH3 is 1. The van der Waals surface area contributed by atoms with E-state index in [1.54, 1.807) is 31.4 Å². The highest BCUT2D eigenvalue weighted by Gasteiger charge is 2.13. The maximum Gasteiger partial charge on any atom is 0.251 e. The predicted molar refractivity (Wildman–Crippen MR) is 103 cm³/mol. The Morgan fingerprint density at radius 3 is 2.89 bits per heavy atom. The van der Waals surface area contributed by atoms with Crippen LogP contribution in [0.15, 0.2) is 59.6 Å². The van der Waals surface area contributed by atoms with Crippen LogP contribution in [0.3, 0.4) is 0 Å². The Morgan fingerprint density at radius 1 is 1.30 bits per heavy atom. The number of hydrogen-bond acceptors (Lipinski definition) is 5. The van der Waals surface area contributed by atoms with Crippen LogP contribution in [0.2, 0.25) is 0 Å². The molecular weight excluding hydrogens is 342 g/mol. The van der Waals surface area contributed by atoms with Crippen LogP contribution < -0.4 is 10.1 Å². The van der Waals surface area contributed by atoms with Crippen LogP contribution >= 0.6 is 0 Å². The van der Waals surface area contributed by atoms with Crippen molar-refractivity contribution < 1.29 is 14.1 Å². The number of amides is 1. The number of hydrogen-bond donors (Lipinski definition) is 1. The third-order valence-electron chi connectivity index (χ3n) is 4.05. The van der Waals surface area contributed by atoms with E-state index in [1.165, 1.54) is 0 Å². The smallest absolute Gasteiger partial charge is 0.251 e. The van der Waals surface area contributed by atoms with E-state index >= 15 is 0 Å². The highest BCUT2D eigenvalue weighted by atomic mass is 16.5. The second-order valence-electron chi connectivity index (χ2n) is 6.08. The van der Waals surface area contributed by atoms with E-state index in [4.69, 9.17) is 9.26 Å². The first kappa shape index (κ1) is 18.4. The number of ether oxygens (including phenoxy) is 1. The number of benzene rings is 2. The highest BCUT2D eigenvalue weighted by molar-refractivity contribution is 5.94. The second kappa shape index (κ2) is 8.31. The standard InChI is InChI=1S/C21H21N3O3/c1-4-6-15-12-17(9-10-18(15)26-3)21(25)22-13-19-23-20(24-27-19)16-8-5-7-14(2)11-16/h4-5,7-12H,1,6,13H2,2-3H3,(H,22,25). The molecule has 0 spiro atoms. The Kier molecular flexibility index (Phi) is 5.66. The molecule has 3 aromatic rings. The summed E-state index contributed by atoms with van der Waals surface area (Å²) in [6.07, 6.45) is 2.39. The zero-order valence-corrected chi connectivity index (χ0v) is 15.4. The Labute approximate surface area is 157 Å². The van der Waals surface area contributed by atoms with E-state index in [9.17, 15) is 4.79 Å². The first-order valence-electron chi connectivity index (χ1n) is 8.56. The summed E-state index contributed by atoms with van der Waals surface area (Å²) in [4.78, 5) is 16.8. The maximum atomic E-state index is 12.4. The van der Waals surface area contributed by atoms with Gasteiger partial charge in [-0.1, -0.05) is 35.0 Å². The van der Waals surface area contributed by atoms with Gasteiger partial charge in [0.15, 0.2) is 0 Å². The summed E-state index contributed by atoms with van der Waals surface area (Å²) in [6.45, 7) is 5.88. The van der Waals surface area contributed by atoms with E-state index in [0.29, 0.717) is 23.7 Å². The van der Waals surface area contributed by atoms with Gasteiger partial charge in [0.1, 0.15) is 5.75 Å². The lowest BCUT2D eigenvalue weighted by atomic mass is 10.1. The first-order valence-corrected chi connectivity index (χ1v) is 8.56. The van der Waals surface area contributed by atoms with E-state index in [2.05, 4.69) is 22.0 Å². The molecule has 27 heavy (non-hydrogen) atoms. The monoisotopic (exact) mass is 363 g/mol. The van der Waals surface area contributed by atoms with Gasteiger partial charge >= 0.3 is 0 Å². The number of rotatable bonds is 7. The fourth-order valence-corrected chi connectivity index (χ4v) is 2.72. The van der Waals surface area contributed by atoms with E-state index < -0.39 is 0 Å². The third kappa shape index (κ3) is 4.41. The molecule has 1 N–H and O–H groups in total. The largest absolute Gasteiger partial charge is 0.496 e. The molecule has 6 heteroatoms. The summed E-state index contributed by atoms with van der Waals surface area (Å²) in [5, 5.41) is 6.77. The molecule has 3 rings (SSSR count). The summed E-state index contributed by atoms with van der Waals surface area (Å²) < 4.78 is 10.5. The zero-order valence-electron chi connectivity index (χ0n) is 15.4. The van der Waals surface area contributed by atoms with Gasteiger partial charge in [-0.15, -0.1) is 6.58 Å². The van der Waals surface area contributed by atoms with Gasteiger partial charge in [0.25, 0.3) is 5.91 Å². The molecule has 0 aliphatic carbocycles. The molecule has 6 nitrogen and oxygen atoms in total. The SMILES string of the molecule is C=CCc1cc(C(=O)NCc2nc(-c3cccc(C)c3)no2)ccc1OC. The minimum absolute atomic E-state index is 0.153. The first-order chi connectivity index (χ1) is 13.1. The van der Waals surface area contributed by atoms with E-state index in [-0.39, 0.29) is 12.5 Å². The van der Waals surface area contributed by atoms with Crippen molar-refractivity contribution in [3.8, 4) is 17.1 Å². The summed E-state index contributed by atoms with van der Waals surface area (Å²) in [6, 6.07) is 13.1. The number of carbonyl (C=O) groups is 1. The quantitative estimate of drug-likeness (QED) is 0.648. The number of carbonyl (C=O) groups excluding carboxylic acids is 1. The van der Waals surface area contributed by atoms with Crippen molar-refractivity contribution >= 4 is 5.91 Å². The molecule has 0 aliphatic heterocycles. The molecule has 0 unspecified atom stereocenters. The molecular formula is C21H21N3O3. The van der Waals surface area contributed by atoms with Gasteiger partial charge in [0.2, 0.25) is 11.7 Å². The van der Waals surface area contributed by atoms with Gasteiger partial charge in [-0.2, -0.15) is 4.98 Å². The van der Waals surface area contributed by atoms with Crippen molar-refractivity contribution in [1.82, 2.24) is 15.5 Å². The summed E-state index contributed by atoms with van der Waals surface area (Å²) in [5.41, 5.74) is 3.42. The lowest BCUT2D eigenvalue weighted by molar-refractivity contribution is 0.0946. The molecule has 0 radical (unpaired) electrons.